The summed E-state index contributed by atoms with van der Waals surface area (Å²) in [6.07, 6.45) is 4.68. The first kappa shape index (κ1) is 18.9. The van der Waals surface area contributed by atoms with Crippen LogP contribution in [-0.2, 0) is 6.42 Å². The second-order valence-electron chi connectivity index (χ2n) is 7.75. The molecule has 0 spiro atoms. The average Bonchev–Trinajstić information content (AvgIpc) is 3.05. The molecule has 0 amide bonds. The van der Waals surface area contributed by atoms with E-state index in [-0.39, 0.29) is 11.2 Å². The van der Waals surface area contributed by atoms with Crippen molar-refractivity contribution in [3.63, 3.8) is 0 Å². The average molecular weight is 397 g/mol. The third-order valence-corrected chi connectivity index (χ3v) is 6.10. The topological polar surface area (TPSA) is 38.0 Å². The van der Waals surface area contributed by atoms with Crippen LogP contribution in [-0.4, -0.2) is 14.9 Å². The highest BCUT2D eigenvalue weighted by Crippen LogP contribution is 2.45. The molecule has 0 saturated heterocycles. The summed E-state index contributed by atoms with van der Waals surface area (Å²) in [4.78, 5) is 0. The molecule has 0 fully saturated rings. The summed E-state index contributed by atoms with van der Waals surface area (Å²) in [7, 11) is 0. The van der Waals surface area contributed by atoms with Gasteiger partial charge >= 0.3 is 0 Å². The molecule has 5 heteroatoms. The molecule has 1 aliphatic rings. The molecular formula is C23H22ClFN2O. The van der Waals surface area contributed by atoms with Crippen molar-refractivity contribution >= 4 is 17.7 Å². The minimum absolute atomic E-state index is 0.206. The molecule has 3 nitrogen and oxygen atoms in total. The molecule has 2 unspecified atom stereocenters. The third-order valence-electron chi connectivity index (χ3n) is 5.75. The van der Waals surface area contributed by atoms with Crippen LogP contribution in [0.1, 0.15) is 43.2 Å². The van der Waals surface area contributed by atoms with Crippen molar-refractivity contribution in [2.75, 3.05) is 0 Å². The largest absolute Gasteiger partial charge is 0.388 e. The zero-order valence-corrected chi connectivity index (χ0v) is 16.6. The summed E-state index contributed by atoms with van der Waals surface area (Å²) in [6, 6.07) is 13.7. The van der Waals surface area contributed by atoms with Crippen molar-refractivity contribution in [3.05, 3.63) is 88.0 Å². The summed E-state index contributed by atoms with van der Waals surface area (Å²) in [5.74, 6) is -0.266. The van der Waals surface area contributed by atoms with E-state index in [1.54, 1.807) is 18.2 Å². The number of halogens is 2. The van der Waals surface area contributed by atoms with Crippen molar-refractivity contribution in [1.82, 2.24) is 9.78 Å². The maximum atomic E-state index is 13.2. The second kappa shape index (κ2) is 7.19. The van der Waals surface area contributed by atoms with Crippen LogP contribution in [0, 0.1) is 11.2 Å². The second-order valence-corrected chi connectivity index (χ2v) is 8.16. The van der Waals surface area contributed by atoms with Gasteiger partial charge in [0.2, 0.25) is 0 Å². The van der Waals surface area contributed by atoms with Crippen molar-refractivity contribution in [2.24, 2.45) is 5.41 Å². The lowest BCUT2D eigenvalue weighted by molar-refractivity contribution is 0.121. The molecule has 0 radical (unpaired) electrons. The Morgan fingerprint density at radius 2 is 1.93 bits per heavy atom. The minimum Gasteiger partial charge on any atom is -0.388 e. The van der Waals surface area contributed by atoms with Gasteiger partial charge < -0.3 is 5.11 Å². The van der Waals surface area contributed by atoms with Crippen LogP contribution in [0.3, 0.4) is 0 Å². The first-order chi connectivity index (χ1) is 13.4. The lowest BCUT2D eigenvalue weighted by atomic mass is 9.70. The number of hydrogen-bond donors (Lipinski definition) is 1. The zero-order chi connectivity index (χ0) is 19.9. The Kier molecular flexibility index (Phi) is 4.86. The van der Waals surface area contributed by atoms with Gasteiger partial charge in [-0.1, -0.05) is 42.3 Å². The van der Waals surface area contributed by atoms with Crippen molar-refractivity contribution in [2.45, 2.75) is 32.8 Å². The van der Waals surface area contributed by atoms with E-state index in [0.717, 1.165) is 28.9 Å². The molecule has 1 aliphatic carbocycles. The maximum Gasteiger partial charge on any atom is 0.123 e. The molecule has 1 heterocycles. The van der Waals surface area contributed by atoms with E-state index in [1.807, 2.05) is 29.1 Å². The molecule has 0 saturated carbocycles. The normalized spacial score (nSPS) is 19.8. The number of rotatable bonds is 4. The molecule has 2 aromatic carbocycles. The maximum absolute atomic E-state index is 13.2. The predicted molar refractivity (Wildman–Crippen MR) is 110 cm³/mol. The molecule has 0 bridgehead atoms. The number of benzene rings is 2. The van der Waals surface area contributed by atoms with E-state index in [2.05, 4.69) is 25.0 Å². The lowest BCUT2D eigenvalue weighted by Gasteiger charge is -2.36. The molecule has 1 aromatic heterocycles. The van der Waals surface area contributed by atoms with Gasteiger partial charge in [0.25, 0.3) is 0 Å². The van der Waals surface area contributed by atoms with E-state index in [4.69, 9.17) is 11.6 Å². The van der Waals surface area contributed by atoms with E-state index >= 15 is 0 Å². The van der Waals surface area contributed by atoms with Crippen LogP contribution in [0.4, 0.5) is 4.39 Å². The standard InChI is InChI=1S/C23H22ClFN2O/c1-15-11-21-16(14-26-27(21)18-9-7-17(25)8-10-18)12-23(15,2)13-22(28)19-5-3-4-6-20(19)24/h3-11,14,22,28H,12-13H2,1-2H3. The van der Waals surface area contributed by atoms with E-state index in [0.29, 0.717) is 11.4 Å². The quantitative estimate of drug-likeness (QED) is 0.609. The molecule has 0 aliphatic heterocycles. The molecule has 1 N–H and O–H groups in total. The van der Waals surface area contributed by atoms with Crippen LogP contribution in [0.2, 0.25) is 5.02 Å². The number of allylic oxidation sites excluding steroid dienone is 1. The van der Waals surface area contributed by atoms with E-state index in [1.165, 1.54) is 17.7 Å². The lowest BCUT2D eigenvalue weighted by Crippen LogP contribution is -2.27. The fraction of sp³-hybridized carbons (Fsp3) is 0.261. The SMILES string of the molecule is CC1=Cc2c(cnn2-c2ccc(F)cc2)CC1(C)CC(O)c1ccccc1Cl. The summed E-state index contributed by atoms with van der Waals surface area (Å²) in [5, 5.41) is 15.9. The number of aliphatic hydroxyl groups is 1. The molecule has 2 atom stereocenters. The van der Waals surface area contributed by atoms with E-state index < -0.39 is 6.10 Å². The smallest absolute Gasteiger partial charge is 0.123 e. The number of hydrogen-bond acceptors (Lipinski definition) is 2. The van der Waals surface area contributed by atoms with Gasteiger partial charge in [0.15, 0.2) is 0 Å². The Morgan fingerprint density at radius 1 is 1.21 bits per heavy atom. The number of aliphatic hydroxyl groups excluding tert-OH is 1. The number of fused-ring (bicyclic) bond motifs is 1. The van der Waals surface area contributed by atoms with Gasteiger partial charge in [-0.05, 0) is 72.7 Å². The summed E-state index contributed by atoms with van der Waals surface area (Å²) >= 11 is 6.27. The van der Waals surface area contributed by atoms with Crippen LogP contribution in [0.5, 0.6) is 0 Å². The van der Waals surface area contributed by atoms with E-state index in [9.17, 15) is 9.50 Å². The highest BCUT2D eigenvalue weighted by Gasteiger charge is 2.35. The van der Waals surface area contributed by atoms with Gasteiger partial charge in [-0.3, -0.25) is 0 Å². The monoisotopic (exact) mass is 396 g/mol. The summed E-state index contributed by atoms with van der Waals surface area (Å²) in [5.41, 5.74) is 4.67. The van der Waals surface area contributed by atoms with Crippen LogP contribution in [0.15, 0.2) is 60.3 Å². The highest BCUT2D eigenvalue weighted by atomic mass is 35.5. The molecule has 144 valence electrons. The Morgan fingerprint density at radius 3 is 2.64 bits per heavy atom. The first-order valence-electron chi connectivity index (χ1n) is 9.31. The van der Waals surface area contributed by atoms with Gasteiger partial charge in [-0.2, -0.15) is 5.10 Å². The Balaban J connectivity index is 1.63. The first-order valence-corrected chi connectivity index (χ1v) is 9.69. The summed E-state index contributed by atoms with van der Waals surface area (Å²) < 4.78 is 15.1. The third kappa shape index (κ3) is 3.38. The zero-order valence-electron chi connectivity index (χ0n) is 15.9. The van der Waals surface area contributed by atoms with Gasteiger partial charge in [-0.25, -0.2) is 9.07 Å². The van der Waals surface area contributed by atoms with Crippen LogP contribution >= 0.6 is 11.6 Å². The van der Waals surface area contributed by atoms with Gasteiger partial charge in [0, 0.05) is 5.02 Å². The number of aromatic nitrogens is 2. The molecule has 4 rings (SSSR count). The Hall–Kier alpha value is -2.43. The Bertz CT molecular complexity index is 1040. The fourth-order valence-electron chi connectivity index (χ4n) is 3.92. The fourth-order valence-corrected chi connectivity index (χ4v) is 4.19. The van der Waals surface area contributed by atoms with Gasteiger partial charge in [0.1, 0.15) is 5.82 Å². The summed E-state index contributed by atoms with van der Waals surface area (Å²) in [6.45, 7) is 4.25. The van der Waals surface area contributed by atoms with Crippen molar-refractivity contribution < 1.29 is 9.50 Å². The molecule has 28 heavy (non-hydrogen) atoms. The van der Waals surface area contributed by atoms with Crippen LogP contribution in [0.25, 0.3) is 11.8 Å². The van der Waals surface area contributed by atoms with Crippen LogP contribution < -0.4 is 0 Å². The molecular weight excluding hydrogens is 375 g/mol. The van der Waals surface area contributed by atoms with Gasteiger partial charge in [0.05, 0.1) is 23.7 Å². The van der Waals surface area contributed by atoms with Crippen molar-refractivity contribution in [3.8, 4) is 5.69 Å². The van der Waals surface area contributed by atoms with Gasteiger partial charge in [-0.15, -0.1) is 0 Å². The minimum atomic E-state index is -0.643. The van der Waals surface area contributed by atoms with Crippen molar-refractivity contribution in [1.29, 1.82) is 0 Å². The number of nitrogens with zero attached hydrogens (tertiary/aromatic N) is 2. The Labute approximate surface area is 169 Å². The predicted octanol–water partition coefficient (Wildman–Crippen LogP) is 5.75. The molecule has 3 aromatic rings. The highest BCUT2D eigenvalue weighted by molar-refractivity contribution is 6.31.